The average Bonchev–Trinajstić information content (AvgIpc) is 2.84. The standard InChI is InChI=1S/C25H36N4O6S/c1-19(2)18-22(24(30)27-29(16-15-26)36(3,32)33)21(13-9-12-20-10-5-4-6-11-20)25(31)28-35-23-14-7-8-17-34-23/h4-6,9-12,19,21-23H,7-8,13-14,16-18H2,1-3H3,(H,27,30)(H,28,31)/t21-,22?,23+/m1/s1. The highest BCUT2D eigenvalue weighted by Crippen LogP contribution is 2.26. The van der Waals surface area contributed by atoms with Crippen molar-refractivity contribution >= 4 is 27.9 Å². The molecule has 198 valence electrons. The van der Waals surface area contributed by atoms with Crippen molar-refractivity contribution in [2.24, 2.45) is 17.8 Å². The Labute approximate surface area is 213 Å². The van der Waals surface area contributed by atoms with E-state index in [4.69, 9.17) is 14.8 Å². The number of rotatable bonds is 13. The number of carbonyl (C=O) groups excluding carboxylic acids is 2. The number of nitrogens with one attached hydrogen (secondary N) is 2. The summed E-state index contributed by atoms with van der Waals surface area (Å²) in [6, 6.07) is 11.2. The molecule has 0 aromatic heterocycles. The van der Waals surface area contributed by atoms with E-state index in [0.717, 1.165) is 24.7 Å². The summed E-state index contributed by atoms with van der Waals surface area (Å²) in [5, 5.41) is 9.00. The second-order valence-corrected chi connectivity index (χ2v) is 11.1. The third-order valence-electron chi connectivity index (χ3n) is 5.66. The number of hydroxylamine groups is 1. The minimum Gasteiger partial charge on any atom is -0.350 e. The van der Waals surface area contributed by atoms with Crippen molar-refractivity contribution in [1.82, 2.24) is 15.3 Å². The average molecular weight is 521 g/mol. The highest BCUT2D eigenvalue weighted by Gasteiger charge is 2.36. The highest BCUT2D eigenvalue weighted by atomic mass is 32.2. The molecule has 1 aromatic rings. The number of amides is 2. The lowest BCUT2D eigenvalue weighted by Gasteiger charge is -2.29. The Morgan fingerprint density at radius 2 is 1.94 bits per heavy atom. The fraction of sp³-hybridized carbons (Fsp3) is 0.560. The predicted molar refractivity (Wildman–Crippen MR) is 135 cm³/mol. The quantitative estimate of drug-likeness (QED) is 0.301. The summed E-state index contributed by atoms with van der Waals surface area (Å²) in [6.45, 7) is 3.81. The summed E-state index contributed by atoms with van der Waals surface area (Å²) < 4.78 is 30.2. The predicted octanol–water partition coefficient (Wildman–Crippen LogP) is 2.76. The SMILES string of the molecule is CC(C)CC(C(=O)NN(CC#N)S(C)(=O)=O)[C@@H](CC=Cc1ccccc1)C(=O)NO[C@H]1CCCCO1. The van der Waals surface area contributed by atoms with E-state index in [9.17, 15) is 18.0 Å². The molecule has 2 rings (SSSR count). The highest BCUT2D eigenvalue weighted by molar-refractivity contribution is 7.88. The van der Waals surface area contributed by atoms with Gasteiger partial charge < -0.3 is 4.74 Å². The molecule has 1 heterocycles. The molecule has 0 bridgehead atoms. The van der Waals surface area contributed by atoms with Gasteiger partial charge in [0.25, 0.3) is 0 Å². The largest absolute Gasteiger partial charge is 0.350 e. The molecule has 0 radical (unpaired) electrons. The van der Waals surface area contributed by atoms with Crippen molar-refractivity contribution in [2.45, 2.75) is 52.2 Å². The van der Waals surface area contributed by atoms with Crippen LogP contribution in [0.15, 0.2) is 36.4 Å². The summed E-state index contributed by atoms with van der Waals surface area (Å²) in [4.78, 5) is 32.0. The minimum absolute atomic E-state index is 0.0272. The van der Waals surface area contributed by atoms with Crippen LogP contribution in [0.4, 0.5) is 0 Å². The van der Waals surface area contributed by atoms with Crippen LogP contribution in [0.1, 0.15) is 51.5 Å². The molecule has 1 saturated heterocycles. The number of sulfonamides is 1. The van der Waals surface area contributed by atoms with Crippen molar-refractivity contribution < 1.29 is 27.6 Å². The van der Waals surface area contributed by atoms with E-state index in [1.54, 1.807) is 12.1 Å². The topological polar surface area (TPSA) is 138 Å². The molecule has 1 fully saturated rings. The van der Waals surface area contributed by atoms with E-state index in [2.05, 4.69) is 10.9 Å². The Balaban J connectivity index is 2.27. The summed E-state index contributed by atoms with van der Waals surface area (Å²) in [6.07, 6.45) is 7.01. The van der Waals surface area contributed by atoms with Gasteiger partial charge in [-0.15, -0.1) is 0 Å². The maximum atomic E-state index is 13.3. The lowest BCUT2D eigenvalue weighted by atomic mass is 9.82. The number of nitrogens with zero attached hydrogens (tertiary/aromatic N) is 2. The Morgan fingerprint density at radius 1 is 1.22 bits per heavy atom. The lowest BCUT2D eigenvalue weighted by Crippen LogP contribution is -2.51. The van der Waals surface area contributed by atoms with Gasteiger partial charge in [-0.05, 0) is 37.2 Å². The lowest BCUT2D eigenvalue weighted by molar-refractivity contribution is -0.203. The molecule has 0 saturated carbocycles. The van der Waals surface area contributed by atoms with E-state index in [1.807, 2.05) is 50.3 Å². The fourth-order valence-corrected chi connectivity index (χ4v) is 4.39. The number of allylic oxidation sites excluding steroid dienone is 1. The zero-order chi connectivity index (χ0) is 26.6. The van der Waals surface area contributed by atoms with E-state index in [-0.39, 0.29) is 12.3 Å². The second kappa shape index (κ2) is 14.7. The number of nitriles is 1. The fourth-order valence-electron chi connectivity index (χ4n) is 3.84. The number of ether oxygens (including phenoxy) is 1. The van der Waals surface area contributed by atoms with Crippen LogP contribution >= 0.6 is 0 Å². The zero-order valence-electron chi connectivity index (χ0n) is 21.1. The van der Waals surface area contributed by atoms with Gasteiger partial charge in [-0.2, -0.15) is 5.26 Å². The van der Waals surface area contributed by atoms with Gasteiger partial charge in [-0.3, -0.25) is 15.0 Å². The third-order valence-corrected chi connectivity index (χ3v) is 6.68. The first-order valence-electron chi connectivity index (χ1n) is 12.1. The van der Waals surface area contributed by atoms with Crippen LogP contribution in [-0.2, 0) is 29.2 Å². The first-order chi connectivity index (χ1) is 17.1. The first kappa shape index (κ1) is 29.5. The van der Waals surface area contributed by atoms with Crippen molar-refractivity contribution in [3.05, 3.63) is 42.0 Å². The molecule has 1 aliphatic rings. The van der Waals surface area contributed by atoms with Crippen LogP contribution in [0.2, 0.25) is 0 Å². The van der Waals surface area contributed by atoms with E-state index >= 15 is 0 Å². The molecule has 11 heteroatoms. The molecule has 2 amide bonds. The Morgan fingerprint density at radius 3 is 2.53 bits per heavy atom. The molecule has 10 nitrogen and oxygen atoms in total. The van der Waals surface area contributed by atoms with Gasteiger partial charge in [0.2, 0.25) is 21.8 Å². The van der Waals surface area contributed by atoms with Gasteiger partial charge in [0.1, 0.15) is 6.54 Å². The third kappa shape index (κ3) is 10.1. The molecule has 0 aliphatic carbocycles. The number of carbonyl (C=O) groups is 2. The van der Waals surface area contributed by atoms with Crippen LogP contribution in [-0.4, -0.2) is 50.3 Å². The van der Waals surface area contributed by atoms with Crippen molar-refractivity contribution in [2.75, 3.05) is 19.4 Å². The minimum atomic E-state index is -3.88. The summed E-state index contributed by atoms with van der Waals surface area (Å²) >= 11 is 0. The van der Waals surface area contributed by atoms with Gasteiger partial charge in [0.15, 0.2) is 6.29 Å². The smallest absolute Gasteiger partial charge is 0.247 e. The van der Waals surface area contributed by atoms with Crippen LogP contribution in [0.5, 0.6) is 0 Å². The number of hydrazine groups is 1. The second-order valence-electron chi connectivity index (χ2n) is 9.18. The summed E-state index contributed by atoms with van der Waals surface area (Å²) in [7, 11) is -3.88. The van der Waals surface area contributed by atoms with Gasteiger partial charge >= 0.3 is 0 Å². The van der Waals surface area contributed by atoms with E-state index in [1.165, 1.54) is 0 Å². The zero-order valence-corrected chi connectivity index (χ0v) is 21.9. The van der Waals surface area contributed by atoms with Crippen LogP contribution < -0.4 is 10.9 Å². The molecular formula is C25H36N4O6S. The molecule has 36 heavy (non-hydrogen) atoms. The van der Waals surface area contributed by atoms with Gasteiger partial charge in [-0.25, -0.2) is 18.7 Å². The van der Waals surface area contributed by atoms with E-state index < -0.39 is 46.5 Å². The molecule has 1 aromatic carbocycles. The van der Waals surface area contributed by atoms with Crippen LogP contribution in [0.3, 0.4) is 0 Å². The number of hydrogen-bond donors (Lipinski definition) is 2. The number of hydrogen-bond acceptors (Lipinski definition) is 7. The van der Waals surface area contributed by atoms with Crippen LogP contribution in [0.25, 0.3) is 6.08 Å². The Kier molecular flexibility index (Phi) is 12.0. The van der Waals surface area contributed by atoms with Crippen LogP contribution in [0, 0.1) is 29.1 Å². The van der Waals surface area contributed by atoms with Gasteiger partial charge in [0, 0.05) is 13.0 Å². The van der Waals surface area contributed by atoms with E-state index in [0.29, 0.717) is 23.9 Å². The first-order valence-corrected chi connectivity index (χ1v) is 13.9. The van der Waals surface area contributed by atoms with Crippen molar-refractivity contribution in [3.8, 4) is 6.07 Å². The molecule has 2 N–H and O–H groups in total. The molecule has 0 spiro atoms. The Hall–Kier alpha value is -2.78. The van der Waals surface area contributed by atoms with Gasteiger partial charge in [-0.1, -0.05) is 60.7 Å². The van der Waals surface area contributed by atoms with Crippen molar-refractivity contribution in [1.29, 1.82) is 5.26 Å². The van der Waals surface area contributed by atoms with Gasteiger partial charge in [0.05, 0.1) is 24.2 Å². The molecule has 3 atom stereocenters. The summed E-state index contributed by atoms with van der Waals surface area (Å²) in [5.41, 5.74) is 5.72. The summed E-state index contributed by atoms with van der Waals surface area (Å²) in [5.74, 6) is -2.89. The maximum absolute atomic E-state index is 13.3. The monoisotopic (exact) mass is 520 g/mol. The maximum Gasteiger partial charge on any atom is 0.247 e. The normalized spacial score (nSPS) is 18.1. The molecule has 1 aliphatic heterocycles. The molecular weight excluding hydrogens is 484 g/mol. The molecule has 1 unspecified atom stereocenters. The number of benzene rings is 1. The van der Waals surface area contributed by atoms with Crippen molar-refractivity contribution in [3.63, 3.8) is 0 Å². The Bertz CT molecular complexity index is 1020.